The van der Waals surface area contributed by atoms with E-state index in [2.05, 4.69) is 20.3 Å². The standard InChI is InChI=1S/C15H32N4O2S.HI/c1-3-16-15(18-12-7-13-19-22(2,20)21)17-11-6-10-14-8-4-5-9-14;/h14,19H,3-13H2,1-2H3,(H2,16,17,18);1H. The number of aliphatic imine (C=N–C) groups is 1. The van der Waals surface area contributed by atoms with Crippen molar-refractivity contribution in [3.05, 3.63) is 0 Å². The first-order valence-electron chi connectivity index (χ1n) is 8.48. The number of guanidine groups is 1. The summed E-state index contributed by atoms with van der Waals surface area (Å²) in [5.74, 6) is 1.76. The van der Waals surface area contributed by atoms with Gasteiger partial charge in [-0.15, -0.1) is 24.0 Å². The van der Waals surface area contributed by atoms with Gasteiger partial charge in [-0.3, -0.25) is 4.99 Å². The summed E-state index contributed by atoms with van der Waals surface area (Å²) < 4.78 is 24.4. The molecule has 0 aromatic carbocycles. The van der Waals surface area contributed by atoms with E-state index in [9.17, 15) is 8.42 Å². The average molecular weight is 460 g/mol. The van der Waals surface area contributed by atoms with Gasteiger partial charge in [-0.05, 0) is 32.1 Å². The van der Waals surface area contributed by atoms with Crippen molar-refractivity contribution in [1.82, 2.24) is 15.4 Å². The summed E-state index contributed by atoms with van der Waals surface area (Å²) >= 11 is 0. The molecule has 0 aromatic rings. The van der Waals surface area contributed by atoms with Crippen LogP contribution in [0.15, 0.2) is 4.99 Å². The molecule has 23 heavy (non-hydrogen) atoms. The normalized spacial score (nSPS) is 16.2. The van der Waals surface area contributed by atoms with E-state index in [-0.39, 0.29) is 24.0 Å². The van der Waals surface area contributed by atoms with Crippen molar-refractivity contribution in [2.75, 3.05) is 32.4 Å². The van der Waals surface area contributed by atoms with Crippen molar-refractivity contribution in [1.29, 1.82) is 0 Å². The molecule has 1 aliphatic rings. The third-order valence-corrected chi connectivity index (χ3v) is 4.60. The summed E-state index contributed by atoms with van der Waals surface area (Å²) in [7, 11) is -3.09. The fourth-order valence-corrected chi connectivity index (χ4v) is 3.28. The van der Waals surface area contributed by atoms with Crippen LogP contribution in [-0.4, -0.2) is 46.8 Å². The van der Waals surface area contributed by atoms with Crippen LogP contribution in [0.5, 0.6) is 0 Å². The number of halogens is 1. The summed E-state index contributed by atoms with van der Waals surface area (Å²) in [6.45, 7) is 4.87. The molecule has 0 radical (unpaired) electrons. The fraction of sp³-hybridized carbons (Fsp3) is 0.933. The van der Waals surface area contributed by atoms with Crippen LogP contribution in [0.2, 0.25) is 0 Å². The van der Waals surface area contributed by atoms with E-state index in [1.807, 2.05) is 6.92 Å². The molecule has 0 spiro atoms. The molecule has 138 valence electrons. The molecule has 1 aliphatic carbocycles. The maximum atomic E-state index is 10.9. The van der Waals surface area contributed by atoms with Gasteiger partial charge in [0.15, 0.2) is 5.96 Å². The molecule has 0 unspecified atom stereocenters. The van der Waals surface area contributed by atoms with Crippen molar-refractivity contribution in [3.63, 3.8) is 0 Å². The Morgan fingerprint density at radius 2 is 1.83 bits per heavy atom. The predicted molar refractivity (Wildman–Crippen MR) is 108 cm³/mol. The van der Waals surface area contributed by atoms with Gasteiger partial charge in [0.25, 0.3) is 0 Å². The summed E-state index contributed by atoms with van der Waals surface area (Å²) in [4.78, 5) is 4.46. The van der Waals surface area contributed by atoms with Gasteiger partial charge in [0.2, 0.25) is 10.0 Å². The summed E-state index contributed by atoms with van der Waals surface area (Å²) in [6, 6.07) is 0. The zero-order valence-corrected chi connectivity index (χ0v) is 17.6. The Balaban J connectivity index is 0.00000484. The zero-order chi connectivity index (χ0) is 16.3. The monoisotopic (exact) mass is 460 g/mol. The fourth-order valence-electron chi connectivity index (χ4n) is 2.77. The smallest absolute Gasteiger partial charge is 0.208 e. The molecular weight excluding hydrogens is 427 g/mol. The van der Waals surface area contributed by atoms with Crippen LogP contribution in [0.3, 0.4) is 0 Å². The highest BCUT2D eigenvalue weighted by atomic mass is 127. The Labute approximate surface area is 158 Å². The number of hydrogen-bond acceptors (Lipinski definition) is 3. The van der Waals surface area contributed by atoms with E-state index in [1.165, 1.54) is 44.8 Å². The SMILES string of the molecule is CCNC(=NCCCNS(C)(=O)=O)NCCCC1CCCC1.I. The van der Waals surface area contributed by atoms with Crippen molar-refractivity contribution < 1.29 is 8.42 Å². The Kier molecular flexibility index (Phi) is 13.2. The van der Waals surface area contributed by atoms with Gasteiger partial charge < -0.3 is 10.6 Å². The second kappa shape index (κ2) is 13.2. The van der Waals surface area contributed by atoms with Crippen molar-refractivity contribution in [3.8, 4) is 0 Å². The Morgan fingerprint density at radius 1 is 1.13 bits per heavy atom. The number of rotatable bonds is 10. The lowest BCUT2D eigenvalue weighted by atomic mass is 10.0. The topological polar surface area (TPSA) is 82.6 Å². The lowest BCUT2D eigenvalue weighted by Gasteiger charge is -2.13. The van der Waals surface area contributed by atoms with Crippen LogP contribution in [0.25, 0.3) is 0 Å². The van der Waals surface area contributed by atoms with E-state index >= 15 is 0 Å². The highest BCUT2D eigenvalue weighted by molar-refractivity contribution is 14.0. The maximum absolute atomic E-state index is 10.9. The maximum Gasteiger partial charge on any atom is 0.208 e. The largest absolute Gasteiger partial charge is 0.357 e. The van der Waals surface area contributed by atoms with Crippen molar-refractivity contribution in [2.24, 2.45) is 10.9 Å². The Morgan fingerprint density at radius 3 is 2.43 bits per heavy atom. The molecular formula is C15H33IN4O2S. The predicted octanol–water partition coefficient (Wildman–Crippen LogP) is 2.07. The van der Waals surface area contributed by atoms with E-state index in [0.29, 0.717) is 19.5 Å². The van der Waals surface area contributed by atoms with Crippen LogP contribution in [-0.2, 0) is 10.0 Å². The van der Waals surface area contributed by atoms with Gasteiger partial charge >= 0.3 is 0 Å². The molecule has 0 aromatic heterocycles. The first-order chi connectivity index (χ1) is 10.5. The third-order valence-electron chi connectivity index (χ3n) is 3.87. The van der Waals surface area contributed by atoms with Gasteiger partial charge in [-0.1, -0.05) is 25.7 Å². The number of nitrogens with zero attached hydrogens (tertiary/aromatic N) is 1. The zero-order valence-electron chi connectivity index (χ0n) is 14.4. The van der Waals surface area contributed by atoms with Gasteiger partial charge in [-0.25, -0.2) is 13.1 Å². The van der Waals surface area contributed by atoms with Crippen molar-refractivity contribution >= 4 is 40.0 Å². The molecule has 1 fully saturated rings. The Bertz CT molecular complexity index is 423. The first kappa shape index (κ1) is 22.9. The van der Waals surface area contributed by atoms with E-state index in [0.717, 1.165) is 25.0 Å². The Hall–Kier alpha value is -0.0900. The number of nitrogens with one attached hydrogen (secondary N) is 3. The molecule has 8 heteroatoms. The molecule has 0 atom stereocenters. The summed E-state index contributed by atoms with van der Waals surface area (Å²) in [6.07, 6.45) is 9.99. The minimum Gasteiger partial charge on any atom is -0.357 e. The van der Waals surface area contributed by atoms with Gasteiger partial charge in [-0.2, -0.15) is 0 Å². The molecule has 0 heterocycles. The average Bonchev–Trinajstić information content (AvgIpc) is 2.95. The molecule has 6 nitrogen and oxygen atoms in total. The molecule has 3 N–H and O–H groups in total. The van der Waals surface area contributed by atoms with Gasteiger partial charge in [0.05, 0.1) is 6.26 Å². The quantitative estimate of drug-likeness (QED) is 0.202. The van der Waals surface area contributed by atoms with Gasteiger partial charge in [0, 0.05) is 26.2 Å². The lowest BCUT2D eigenvalue weighted by Crippen LogP contribution is -2.38. The molecule has 0 saturated heterocycles. The third kappa shape index (κ3) is 12.9. The van der Waals surface area contributed by atoms with Crippen LogP contribution >= 0.6 is 24.0 Å². The van der Waals surface area contributed by atoms with E-state index in [4.69, 9.17) is 0 Å². The highest BCUT2D eigenvalue weighted by Gasteiger charge is 2.13. The second-order valence-corrected chi connectivity index (χ2v) is 7.83. The number of hydrogen-bond donors (Lipinski definition) is 3. The first-order valence-corrected chi connectivity index (χ1v) is 10.4. The van der Waals surface area contributed by atoms with E-state index in [1.54, 1.807) is 0 Å². The minimum atomic E-state index is -3.09. The second-order valence-electron chi connectivity index (χ2n) is 6.00. The van der Waals surface area contributed by atoms with E-state index < -0.39 is 10.0 Å². The van der Waals surface area contributed by atoms with Crippen LogP contribution in [0, 0.1) is 5.92 Å². The molecule has 1 saturated carbocycles. The van der Waals surface area contributed by atoms with Gasteiger partial charge in [0.1, 0.15) is 0 Å². The highest BCUT2D eigenvalue weighted by Crippen LogP contribution is 2.28. The molecule has 0 amide bonds. The van der Waals surface area contributed by atoms with Crippen molar-refractivity contribution in [2.45, 2.75) is 51.9 Å². The molecule has 0 bridgehead atoms. The number of sulfonamides is 1. The van der Waals surface area contributed by atoms with Crippen LogP contribution < -0.4 is 15.4 Å². The van der Waals surface area contributed by atoms with Crippen LogP contribution in [0.1, 0.15) is 51.9 Å². The van der Waals surface area contributed by atoms with Crippen LogP contribution in [0.4, 0.5) is 0 Å². The molecule has 0 aliphatic heterocycles. The summed E-state index contributed by atoms with van der Waals surface area (Å²) in [5.41, 5.74) is 0. The minimum absolute atomic E-state index is 0. The summed E-state index contributed by atoms with van der Waals surface area (Å²) in [5, 5.41) is 6.57. The molecule has 1 rings (SSSR count). The lowest BCUT2D eigenvalue weighted by molar-refractivity contribution is 0.481.